The number of benzene rings is 1. The molecule has 0 spiro atoms. The minimum atomic E-state index is -0.589. The average molecular weight is 510 g/mol. The largest absolute Gasteiger partial charge is 0.463 e. The quantitative estimate of drug-likeness (QED) is 0.350. The highest BCUT2D eigenvalue weighted by atomic mass is 79.9. The first-order valence-corrected chi connectivity index (χ1v) is 11.4. The van der Waals surface area contributed by atoms with E-state index in [0.29, 0.717) is 43.6 Å². The molecule has 1 aliphatic heterocycles. The number of fused-ring (bicyclic) bond motifs is 1. The number of carbonyl (C=O) groups excluding carboxylic acids is 1. The molecule has 0 bridgehead atoms. The van der Waals surface area contributed by atoms with Gasteiger partial charge in [-0.05, 0) is 53.5 Å². The number of ether oxygens (including phenoxy) is 1. The molecule has 1 atom stereocenters. The number of carbonyl (C=O) groups is 1. The molecule has 3 aromatic rings. The zero-order chi connectivity index (χ0) is 21.3. The number of nitrogens with zero attached hydrogens (tertiary/aromatic N) is 3. The second-order valence-electron chi connectivity index (χ2n) is 6.47. The molecule has 1 N–H and O–H groups in total. The molecule has 0 saturated carbocycles. The Hall–Kier alpha value is -2.23. The van der Waals surface area contributed by atoms with Gasteiger partial charge in [-0.15, -0.1) is 5.10 Å². The van der Waals surface area contributed by atoms with Gasteiger partial charge in [0, 0.05) is 16.5 Å². The number of rotatable bonds is 6. The molecule has 1 aromatic carbocycles. The molecule has 2 aromatic heterocycles. The Morgan fingerprint density at radius 3 is 2.87 bits per heavy atom. The lowest BCUT2D eigenvalue weighted by Gasteiger charge is -2.26. The third-order valence-corrected chi connectivity index (χ3v) is 6.19. The highest BCUT2D eigenvalue weighted by Gasteiger charge is 2.37. The van der Waals surface area contributed by atoms with Gasteiger partial charge in [0.05, 0.1) is 12.2 Å². The number of allylic oxidation sites excluding steroid dienone is 1. The van der Waals surface area contributed by atoms with Crippen molar-refractivity contribution in [2.45, 2.75) is 30.8 Å². The van der Waals surface area contributed by atoms with Crippen LogP contribution in [0.15, 0.2) is 61.9 Å². The molecule has 0 saturated heterocycles. The van der Waals surface area contributed by atoms with Crippen molar-refractivity contribution in [3.8, 4) is 0 Å². The van der Waals surface area contributed by atoms with Crippen LogP contribution in [0, 0.1) is 0 Å². The van der Waals surface area contributed by atoms with Crippen LogP contribution in [-0.2, 0) is 15.3 Å². The number of furan rings is 1. The maximum Gasteiger partial charge on any atom is 0.338 e. The highest BCUT2D eigenvalue weighted by Crippen LogP contribution is 2.38. The lowest BCUT2D eigenvalue weighted by molar-refractivity contribution is -0.139. The molecule has 0 aliphatic carbocycles. The second-order valence-corrected chi connectivity index (χ2v) is 8.60. The van der Waals surface area contributed by atoms with E-state index in [1.807, 2.05) is 31.2 Å². The van der Waals surface area contributed by atoms with Crippen molar-refractivity contribution in [1.82, 2.24) is 14.8 Å². The molecule has 7 nitrogen and oxygen atoms in total. The van der Waals surface area contributed by atoms with E-state index in [9.17, 15) is 4.79 Å². The minimum Gasteiger partial charge on any atom is -0.463 e. The Morgan fingerprint density at radius 2 is 2.17 bits per heavy atom. The van der Waals surface area contributed by atoms with Crippen molar-refractivity contribution in [2.75, 3.05) is 11.9 Å². The molecule has 3 heterocycles. The van der Waals surface area contributed by atoms with E-state index >= 15 is 0 Å². The minimum absolute atomic E-state index is 0.271. The van der Waals surface area contributed by atoms with Gasteiger partial charge in [-0.3, -0.25) is 0 Å². The molecular weight excluding hydrogens is 492 g/mol. The van der Waals surface area contributed by atoms with E-state index in [1.54, 1.807) is 23.7 Å². The Bertz CT molecular complexity index is 1130. The molecule has 1 aliphatic rings. The molecule has 0 radical (unpaired) electrons. The average Bonchev–Trinajstić information content (AvgIpc) is 3.32. The van der Waals surface area contributed by atoms with E-state index in [1.165, 1.54) is 11.8 Å². The van der Waals surface area contributed by atoms with E-state index in [0.717, 1.165) is 5.56 Å². The first-order chi connectivity index (χ1) is 14.5. The van der Waals surface area contributed by atoms with E-state index in [4.69, 9.17) is 20.8 Å². The van der Waals surface area contributed by atoms with Crippen molar-refractivity contribution in [1.29, 1.82) is 0 Å². The van der Waals surface area contributed by atoms with Crippen LogP contribution >= 0.6 is 39.3 Å². The lowest BCUT2D eigenvalue weighted by atomic mass is 10.0. The molecular formula is C20H18BrClN4O3S. The predicted molar refractivity (Wildman–Crippen MR) is 119 cm³/mol. The standard InChI is InChI=1S/C20H18BrClN4O3S/c1-3-28-18(27)16-11(2)23-19-24-20(30-10-12-6-4-5-7-13(12)22)25-26(19)17(16)14-8-9-15(21)29-14/h4-9,17H,3,10H2,1-2H3,(H,23,24,25). The van der Waals surface area contributed by atoms with Gasteiger partial charge < -0.3 is 14.5 Å². The van der Waals surface area contributed by atoms with Crippen LogP contribution in [-0.4, -0.2) is 27.3 Å². The topological polar surface area (TPSA) is 82.2 Å². The number of aromatic nitrogens is 3. The van der Waals surface area contributed by atoms with Gasteiger partial charge in [0.2, 0.25) is 11.1 Å². The first kappa shape index (κ1) is 21.0. The summed E-state index contributed by atoms with van der Waals surface area (Å²) in [6.45, 7) is 3.85. The van der Waals surface area contributed by atoms with Crippen molar-refractivity contribution in [3.05, 3.63) is 68.7 Å². The molecule has 0 fully saturated rings. The van der Waals surface area contributed by atoms with Gasteiger partial charge in [-0.2, -0.15) is 4.98 Å². The Kier molecular flexibility index (Phi) is 6.21. The van der Waals surface area contributed by atoms with Gasteiger partial charge >= 0.3 is 5.97 Å². The monoisotopic (exact) mass is 508 g/mol. The van der Waals surface area contributed by atoms with Crippen molar-refractivity contribution < 1.29 is 13.9 Å². The highest BCUT2D eigenvalue weighted by molar-refractivity contribution is 9.10. The number of halogens is 2. The molecule has 156 valence electrons. The molecule has 4 rings (SSSR count). The van der Waals surface area contributed by atoms with Gasteiger partial charge in [-0.1, -0.05) is 41.6 Å². The summed E-state index contributed by atoms with van der Waals surface area (Å²) in [4.78, 5) is 17.3. The Balaban J connectivity index is 1.68. The summed E-state index contributed by atoms with van der Waals surface area (Å²) in [5.41, 5.74) is 2.07. The number of hydrogen-bond acceptors (Lipinski definition) is 7. The first-order valence-electron chi connectivity index (χ1n) is 9.20. The van der Waals surface area contributed by atoms with Crippen LogP contribution in [0.5, 0.6) is 0 Å². The number of hydrogen-bond donors (Lipinski definition) is 1. The summed E-state index contributed by atoms with van der Waals surface area (Å²) >= 11 is 11.0. The maximum atomic E-state index is 12.7. The normalized spacial score (nSPS) is 15.7. The maximum absolute atomic E-state index is 12.7. The third kappa shape index (κ3) is 4.14. The van der Waals surface area contributed by atoms with Crippen LogP contribution in [0.2, 0.25) is 5.02 Å². The smallest absolute Gasteiger partial charge is 0.338 e. The number of esters is 1. The summed E-state index contributed by atoms with van der Waals surface area (Å²) in [5, 5.41) is 9.06. The molecule has 0 amide bonds. The van der Waals surface area contributed by atoms with Gasteiger partial charge in [0.25, 0.3) is 0 Å². The van der Waals surface area contributed by atoms with Crippen LogP contribution in [0.25, 0.3) is 0 Å². The zero-order valence-electron chi connectivity index (χ0n) is 16.2. The van der Waals surface area contributed by atoms with Gasteiger partial charge in [-0.25, -0.2) is 9.48 Å². The van der Waals surface area contributed by atoms with Gasteiger partial charge in [0.1, 0.15) is 11.8 Å². The van der Waals surface area contributed by atoms with E-state index in [-0.39, 0.29) is 6.61 Å². The fourth-order valence-corrected chi connectivity index (χ4v) is 4.60. The SMILES string of the molecule is CCOC(=O)C1=C(C)Nc2nc(SCc3ccccc3Cl)nn2C1c1ccc(Br)o1. The third-order valence-electron chi connectivity index (χ3n) is 4.51. The fraction of sp³-hybridized carbons (Fsp3) is 0.250. The summed E-state index contributed by atoms with van der Waals surface area (Å²) in [5.74, 6) is 1.28. The number of thioether (sulfide) groups is 1. The van der Waals surface area contributed by atoms with Crippen molar-refractivity contribution >= 4 is 51.2 Å². The Morgan fingerprint density at radius 1 is 1.37 bits per heavy atom. The summed E-state index contributed by atoms with van der Waals surface area (Å²) in [6, 6.07) is 10.7. The zero-order valence-corrected chi connectivity index (χ0v) is 19.3. The molecule has 1 unspecified atom stereocenters. The molecule has 30 heavy (non-hydrogen) atoms. The predicted octanol–water partition coefficient (Wildman–Crippen LogP) is 5.43. The van der Waals surface area contributed by atoms with Crippen LogP contribution in [0.3, 0.4) is 0 Å². The Labute approximate surface area is 191 Å². The van der Waals surface area contributed by atoms with Crippen molar-refractivity contribution in [3.63, 3.8) is 0 Å². The summed E-state index contributed by atoms with van der Waals surface area (Å²) < 4.78 is 13.3. The van der Waals surface area contributed by atoms with Crippen LogP contribution in [0.4, 0.5) is 5.95 Å². The summed E-state index contributed by atoms with van der Waals surface area (Å²) in [6.07, 6.45) is 0. The number of anilines is 1. The lowest BCUT2D eigenvalue weighted by Crippen LogP contribution is -2.29. The van der Waals surface area contributed by atoms with E-state index < -0.39 is 12.0 Å². The van der Waals surface area contributed by atoms with E-state index in [2.05, 4.69) is 31.3 Å². The second kappa shape index (κ2) is 8.87. The number of nitrogens with one attached hydrogen (secondary N) is 1. The molecule has 10 heteroatoms. The van der Waals surface area contributed by atoms with Crippen molar-refractivity contribution in [2.24, 2.45) is 0 Å². The fourth-order valence-electron chi connectivity index (χ4n) is 3.16. The summed E-state index contributed by atoms with van der Waals surface area (Å²) in [7, 11) is 0. The van der Waals surface area contributed by atoms with Crippen LogP contribution in [0.1, 0.15) is 31.2 Å². The van der Waals surface area contributed by atoms with Gasteiger partial charge in [0.15, 0.2) is 4.67 Å². The van der Waals surface area contributed by atoms with Crippen LogP contribution < -0.4 is 5.32 Å².